The number of hydrogen-bond acceptors (Lipinski definition) is 3. The van der Waals surface area contributed by atoms with Crippen LogP contribution in [0, 0.1) is 5.92 Å². The molecule has 0 aliphatic heterocycles. The molecule has 0 spiro atoms. The van der Waals surface area contributed by atoms with Crippen LogP contribution in [0.3, 0.4) is 0 Å². The fourth-order valence-electron chi connectivity index (χ4n) is 1.59. The first-order valence-corrected chi connectivity index (χ1v) is 4.51. The Kier molecular flexibility index (Phi) is 2.11. The zero-order valence-corrected chi connectivity index (χ0v) is 7.93. The van der Waals surface area contributed by atoms with Crippen LogP contribution in [-0.2, 0) is 4.79 Å². The van der Waals surface area contributed by atoms with Crippen LogP contribution >= 0.6 is 0 Å². The van der Waals surface area contributed by atoms with Gasteiger partial charge in [0.15, 0.2) is 0 Å². The molecule has 2 N–H and O–H groups in total. The highest BCUT2D eigenvalue weighted by Gasteiger charge is 2.43. The number of ether oxygens (including phenoxy) is 1. The van der Waals surface area contributed by atoms with E-state index in [1.807, 2.05) is 6.07 Å². The Labute approximate surface area is 82.1 Å². The highest BCUT2D eigenvalue weighted by Crippen LogP contribution is 2.46. The third kappa shape index (κ3) is 1.55. The molecule has 1 aromatic heterocycles. The number of carbonyl (C=O) groups excluding carboxylic acids is 1. The zero-order valence-electron chi connectivity index (χ0n) is 7.93. The SMILES string of the molecule is COc1ccnc(C2C[C@@H]2C(N)=O)c1. The number of nitrogens with two attached hydrogens (primary N) is 1. The second-order valence-electron chi connectivity index (χ2n) is 3.47. The van der Waals surface area contributed by atoms with Gasteiger partial charge in [0, 0.05) is 29.8 Å². The summed E-state index contributed by atoms with van der Waals surface area (Å²) in [5, 5.41) is 0. The molecule has 0 radical (unpaired) electrons. The molecule has 0 aromatic carbocycles. The van der Waals surface area contributed by atoms with Crippen molar-refractivity contribution in [3.63, 3.8) is 0 Å². The maximum Gasteiger partial charge on any atom is 0.221 e. The first kappa shape index (κ1) is 8.99. The molecule has 1 aliphatic rings. The molecule has 4 heteroatoms. The molecule has 1 unspecified atom stereocenters. The number of hydrogen-bond donors (Lipinski definition) is 1. The normalized spacial score (nSPS) is 24.4. The molecule has 1 amide bonds. The minimum Gasteiger partial charge on any atom is -0.497 e. The average Bonchev–Trinajstić information content (AvgIpc) is 2.97. The number of nitrogens with zero attached hydrogens (tertiary/aromatic N) is 1. The van der Waals surface area contributed by atoms with Gasteiger partial charge in [-0.05, 0) is 12.5 Å². The fraction of sp³-hybridized carbons (Fsp3) is 0.400. The van der Waals surface area contributed by atoms with Gasteiger partial charge in [-0.25, -0.2) is 0 Å². The van der Waals surface area contributed by atoms with Crippen molar-refractivity contribution < 1.29 is 9.53 Å². The monoisotopic (exact) mass is 192 g/mol. The quantitative estimate of drug-likeness (QED) is 0.765. The molecule has 2 rings (SSSR count). The van der Waals surface area contributed by atoms with E-state index >= 15 is 0 Å². The van der Waals surface area contributed by atoms with Crippen LogP contribution in [0.4, 0.5) is 0 Å². The molecule has 14 heavy (non-hydrogen) atoms. The summed E-state index contributed by atoms with van der Waals surface area (Å²) >= 11 is 0. The van der Waals surface area contributed by atoms with Crippen molar-refractivity contribution in [3.05, 3.63) is 24.0 Å². The van der Waals surface area contributed by atoms with Crippen molar-refractivity contribution in [1.82, 2.24) is 4.98 Å². The van der Waals surface area contributed by atoms with Crippen molar-refractivity contribution >= 4 is 5.91 Å². The van der Waals surface area contributed by atoms with E-state index in [1.165, 1.54) is 0 Å². The van der Waals surface area contributed by atoms with Crippen LogP contribution in [0.25, 0.3) is 0 Å². The predicted octanol–water partition coefficient (Wildman–Crippen LogP) is 0.679. The molecule has 4 nitrogen and oxygen atoms in total. The van der Waals surface area contributed by atoms with Crippen LogP contribution in [0.1, 0.15) is 18.0 Å². The van der Waals surface area contributed by atoms with Crippen molar-refractivity contribution in [2.45, 2.75) is 12.3 Å². The molecule has 1 fully saturated rings. The number of methoxy groups -OCH3 is 1. The van der Waals surface area contributed by atoms with Crippen LogP contribution < -0.4 is 10.5 Å². The Balaban J connectivity index is 2.15. The summed E-state index contributed by atoms with van der Waals surface area (Å²) in [5.41, 5.74) is 6.09. The lowest BCUT2D eigenvalue weighted by Crippen LogP contribution is -2.13. The standard InChI is InChI=1S/C10H12N2O2/c1-14-6-2-3-12-9(4-6)7-5-8(7)10(11)13/h2-4,7-8H,5H2,1H3,(H2,11,13)/t7?,8-/m0/s1. The average molecular weight is 192 g/mol. The summed E-state index contributed by atoms with van der Waals surface area (Å²) < 4.78 is 5.07. The van der Waals surface area contributed by atoms with Gasteiger partial charge in [0.05, 0.1) is 7.11 Å². The van der Waals surface area contributed by atoms with Crippen LogP contribution in [0.2, 0.25) is 0 Å². The second kappa shape index (κ2) is 3.29. The molecule has 74 valence electrons. The van der Waals surface area contributed by atoms with Gasteiger partial charge < -0.3 is 10.5 Å². The largest absolute Gasteiger partial charge is 0.497 e. The molecule has 1 saturated carbocycles. The van der Waals surface area contributed by atoms with Gasteiger partial charge in [-0.2, -0.15) is 0 Å². The van der Waals surface area contributed by atoms with E-state index < -0.39 is 0 Å². The van der Waals surface area contributed by atoms with E-state index in [0.29, 0.717) is 0 Å². The number of primary amides is 1. The maximum absolute atomic E-state index is 10.9. The van der Waals surface area contributed by atoms with Gasteiger partial charge >= 0.3 is 0 Å². The lowest BCUT2D eigenvalue weighted by atomic mass is 10.2. The van der Waals surface area contributed by atoms with E-state index in [4.69, 9.17) is 10.5 Å². The number of aromatic nitrogens is 1. The van der Waals surface area contributed by atoms with Crippen molar-refractivity contribution in [1.29, 1.82) is 0 Å². The van der Waals surface area contributed by atoms with E-state index in [0.717, 1.165) is 17.9 Å². The summed E-state index contributed by atoms with van der Waals surface area (Å²) in [4.78, 5) is 15.1. The summed E-state index contributed by atoms with van der Waals surface area (Å²) in [5.74, 6) is 0.696. The van der Waals surface area contributed by atoms with E-state index in [-0.39, 0.29) is 17.7 Å². The molecule has 1 aliphatic carbocycles. The third-order valence-electron chi connectivity index (χ3n) is 2.52. The van der Waals surface area contributed by atoms with Gasteiger partial charge in [-0.15, -0.1) is 0 Å². The number of amides is 1. The minimum atomic E-state index is -0.236. The summed E-state index contributed by atoms with van der Waals surface area (Å²) in [7, 11) is 1.61. The lowest BCUT2D eigenvalue weighted by molar-refractivity contribution is -0.119. The number of rotatable bonds is 3. The molecule has 0 saturated heterocycles. The predicted molar refractivity (Wildman–Crippen MR) is 50.8 cm³/mol. The Morgan fingerprint density at radius 2 is 2.50 bits per heavy atom. The van der Waals surface area contributed by atoms with Crippen LogP contribution in [-0.4, -0.2) is 18.0 Å². The highest BCUT2D eigenvalue weighted by molar-refractivity contribution is 5.80. The number of carbonyl (C=O) groups is 1. The van der Waals surface area contributed by atoms with Crippen LogP contribution in [0.5, 0.6) is 5.75 Å². The second-order valence-corrected chi connectivity index (χ2v) is 3.47. The van der Waals surface area contributed by atoms with E-state index in [9.17, 15) is 4.79 Å². The van der Waals surface area contributed by atoms with Gasteiger partial charge in [-0.3, -0.25) is 9.78 Å². The topological polar surface area (TPSA) is 65.2 Å². The number of pyridine rings is 1. The Hall–Kier alpha value is -1.58. The minimum absolute atomic E-state index is 0.0328. The first-order valence-electron chi connectivity index (χ1n) is 4.51. The van der Waals surface area contributed by atoms with Crippen molar-refractivity contribution in [3.8, 4) is 5.75 Å². The Morgan fingerprint density at radius 1 is 1.71 bits per heavy atom. The summed E-state index contributed by atoms with van der Waals surface area (Å²) in [6.07, 6.45) is 2.50. The fourth-order valence-corrected chi connectivity index (χ4v) is 1.59. The lowest BCUT2D eigenvalue weighted by Gasteiger charge is -2.01. The smallest absolute Gasteiger partial charge is 0.221 e. The van der Waals surface area contributed by atoms with Crippen LogP contribution in [0.15, 0.2) is 18.3 Å². The molecule has 0 bridgehead atoms. The highest BCUT2D eigenvalue weighted by atomic mass is 16.5. The molecule has 2 atom stereocenters. The van der Waals surface area contributed by atoms with Crippen molar-refractivity contribution in [2.24, 2.45) is 11.7 Å². The Morgan fingerprint density at radius 3 is 3.07 bits per heavy atom. The van der Waals surface area contributed by atoms with E-state index in [2.05, 4.69) is 4.98 Å². The van der Waals surface area contributed by atoms with E-state index in [1.54, 1.807) is 19.4 Å². The third-order valence-corrected chi connectivity index (χ3v) is 2.52. The van der Waals surface area contributed by atoms with Crippen molar-refractivity contribution in [2.75, 3.05) is 7.11 Å². The molecule has 1 aromatic rings. The zero-order chi connectivity index (χ0) is 10.1. The first-order chi connectivity index (χ1) is 6.72. The van der Waals surface area contributed by atoms with Gasteiger partial charge in [0.25, 0.3) is 0 Å². The molecular formula is C10H12N2O2. The van der Waals surface area contributed by atoms with Gasteiger partial charge in [0.1, 0.15) is 5.75 Å². The summed E-state index contributed by atoms with van der Waals surface area (Å²) in [6.45, 7) is 0. The summed E-state index contributed by atoms with van der Waals surface area (Å²) in [6, 6.07) is 3.64. The van der Waals surface area contributed by atoms with Gasteiger partial charge in [0.2, 0.25) is 5.91 Å². The maximum atomic E-state index is 10.9. The molecular weight excluding hydrogens is 180 g/mol. The molecule has 1 heterocycles. The Bertz CT molecular complexity index is 365. The van der Waals surface area contributed by atoms with Gasteiger partial charge in [-0.1, -0.05) is 0 Å².